The molecular weight excluding hydrogens is 360 g/mol. The van der Waals surface area contributed by atoms with Crippen LogP contribution in [0.25, 0.3) is 0 Å². The predicted octanol–water partition coefficient (Wildman–Crippen LogP) is 5.11. The first-order chi connectivity index (χ1) is 13.3. The number of rotatable bonds is 7. The lowest BCUT2D eigenvalue weighted by atomic mass is 9.50. The summed E-state index contributed by atoms with van der Waals surface area (Å²) in [7, 11) is 0. The largest absolute Gasteiger partial charge is 0.393 e. The Labute approximate surface area is 178 Å². The standard InChI is InChI=1S/C26H44O3/c1-16(2)23(28)11-8-17(3)25(7)13-12-19(24(25,5)6)9-10-22-21-14-20(27)15-26(22,29)18(21)4/h9-10,16-17,19-23,27-29H,4,8,11-15H2,1-3,5-7H3/b10-9+/t17-,19+,20+,21?,22?,23+,25+,26+/m0/s1. The molecule has 0 heterocycles. The summed E-state index contributed by atoms with van der Waals surface area (Å²) < 4.78 is 0. The fourth-order valence-electron chi connectivity index (χ4n) is 6.68. The van der Waals surface area contributed by atoms with Gasteiger partial charge in [0, 0.05) is 12.3 Å². The van der Waals surface area contributed by atoms with Gasteiger partial charge in [0.1, 0.15) is 0 Å². The zero-order valence-corrected chi connectivity index (χ0v) is 19.5. The molecular formula is C26H44O3. The van der Waals surface area contributed by atoms with Gasteiger partial charge in [0.15, 0.2) is 0 Å². The van der Waals surface area contributed by atoms with Crippen LogP contribution in [0.5, 0.6) is 0 Å². The quantitative estimate of drug-likeness (QED) is 0.517. The van der Waals surface area contributed by atoms with E-state index < -0.39 is 11.7 Å². The smallest absolute Gasteiger partial charge is 0.0949 e. The first-order valence-electron chi connectivity index (χ1n) is 11.8. The first kappa shape index (κ1) is 23.0. The summed E-state index contributed by atoms with van der Waals surface area (Å²) in [5, 5.41) is 31.2. The monoisotopic (exact) mass is 404 g/mol. The van der Waals surface area contributed by atoms with Crippen LogP contribution in [0.1, 0.15) is 80.1 Å². The average molecular weight is 405 g/mol. The van der Waals surface area contributed by atoms with Crippen LogP contribution in [0, 0.1) is 40.4 Å². The van der Waals surface area contributed by atoms with E-state index in [9.17, 15) is 15.3 Å². The Morgan fingerprint density at radius 2 is 1.79 bits per heavy atom. The highest BCUT2D eigenvalue weighted by Crippen LogP contribution is 2.62. The van der Waals surface area contributed by atoms with Gasteiger partial charge in [0.05, 0.1) is 17.8 Å². The topological polar surface area (TPSA) is 60.7 Å². The van der Waals surface area contributed by atoms with Crippen LogP contribution in [-0.4, -0.2) is 33.1 Å². The summed E-state index contributed by atoms with van der Waals surface area (Å²) >= 11 is 0. The van der Waals surface area contributed by atoms with E-state index in [0.29, 0.717) is 24.2 Å². The van der Waals surface area contributed by atoms with Crippen molar-refractivity contribution in [2.75, 3.05) is 0 Å². The third kappa shape index (κ3) is 3.66. The Kier molecular flexibility index (Phi) is 6.20. The molecule has 3 nitrogen and oxygen atoms in total. The van der Waals surface area contributed by atoms with E-state index in [4.69, 9.17) is 0 Å². The maximum atomic E-state index is 11.0. The van der Waals surface area contributed by atoms with Crippen LogP contribution >= 0.6 is 0 Å². The molecule has 0 aromatic rings. The molecule has 166 valence electrons. The maximum absolute atomic E-state index is 11.0. The second-order valence-electron chi connectivity index (χ2n) is 11.6. The average Bonchev–Trinajstić information content (AvgIpc) is 2.87. The van der Waals surface area contributed by atoms with Crippen molar-refractivity contribution in [1.29, 1.82) is 0 Å². The SMILES string of the molecule is C=C1C2C[C@@H](O)C[C@]1(O)C2/C=C/[C@@H]1CC[C@](C)([C@@H](C)CC[C@@H](O)C(C)C)C1(C)C. The van der Waals surface area contributed by atoms with Crippen LogP contribution in [0.4, 0.5) is 0 Å². The van der Waals surface area contributed by atoms with E-state index in [1.165, 1.54) is 12.8 Å². The first-order valence-corrected chi connectivity index (χ1v) is 11.8. The summed E-state index contributed by atoms with van der Waals surface area (Å²) in [5.74, 6) is 1.72. The maximum Gasteiger partial charge on any atom is 0.0949 e. The molecule has 0 aromatic carbocycles. The van der Waals surface area contributed by atoms with Crippen LogP contribution in [0.2, 0.25) is 0 Å². The summed E-state index contributed by atoms with van der Waals surface area (Å²) in [6, 6.07) is 0. The van der Waals surface area contributed by atoms with Crippen molar-refractivity contribution >= 4 is 0 Å². The van der Waals surface area contributed by atoms with Crippen LogP contribution in [0.3, 0.4) is 0 Å². The Balaban J connectivity index is 1.67. The Morgan fingerprint density at radius 3 is 2.38 bits per heavy atom. The normalized spacial score (nSPS) is 43.6. The minimum atomic E-state index is -0.898. The fourth-order valence-corrected chi connectivity index (χ4v) is 6.68. The van der Waals surface area contributed by atoms with Crippen molar-refractivity contribution < 1.29 is 15.3 Å². The Bertz CT molecular complexity index is 650. The molecule has 3 rings (SSSR count). The number of aliphatic hydroxyl groups is 3. The van der Waals surface area contributed by atoms with Crippen molar-refractivity contribution in [1.82, 2.24) is 0 Å². The van der Waals surface area contributed by atoms with Crippen molar-refractivity contribution in [3.63, 3.8) is 0 Å². The van der Waals surface area contributed by atoms with Gasteiger partial charge in [-0.1, -0.05) is 60.3 Å². The number of aliphatic hydroxyl groups excluding tert-OH is 2. The van der Waals surface area contributed by atoms with E-state index in [1.54, 1.807) is 0 Å². The van der Waals surface area contributed by atoms with E-state index in [-0.39, 0.29) is 28.8 Å². The Morgan fingerprint density at radius 1 is 1.14 bits per heavy atom. The van der Waals surface area contributed by atoms with E-state index in [2.05, 4.69) is 60.3 Å². The molecule has 2 bridgehead atoms. The van der Waals surface area contributed by atoms with Gasteiger partial charge < -0.3 is 15.3 Å². The molecule has 0 aliphatic heterocycles. The van der Waals surface area contributed by atoms with Gasteiger partial charge in [-0.15, -0.1) is 0 Å². The zero-order chi connectivity index (χ0) is 21.8. The highest BCUT2D eigenvalue weighted by molar-refractivity contribution is 5.37. The molecule has 2 unspecified atom stereocenters. The number of hydrogen-bond donors (Lipinski definition) is 3. The number of allylic oxidation sites excluding steroid dienone is 1. The van der Waals surface area contributed by atoms with Crippen LogP contribution in [0.15, 0.2) is 24.3 Å². The molecule has 29 heavy (non-hydrogen) atoms. The molecule has 3 saturated carbocycles. The summed E-state index contributed by atoms with van der Waals surface area (Å²) in [6.07, 6.45) is 9.51. The van der Waals surface area contributed by atoms with Crippen LogP contribution in [-0.2, 0) is 0 Å². The molecule has 3 aliphatic rings. The second-order valence-corrected chi connectivity index (χ2v) is 11.6. The van der Waals surface area contributed by atoms with Crippen molar-refractivity contribution in [3.05, 3.63) is 24.3 Å². The van der Waals surface area contributed by atoms with Gasteiger partial charge in [-0.05, 0) is 72.2 Å². The highest BCUT2D eigenvalue weighted by atomic mass is 16.3. The van der Waals surface area contributed by atoms with Gasteiger partial charge in [-0.2, -0.15) is 0 Å². The fraction of sp³-hybridized carbons (Fsp3) is 0.846. The summed E-state index contributed by atoms with van der Waals surface area (Å²) in [6.45, 7) is 17.9. The third-order valence-corrected chi connectivity index (χ3v) is 9.74. The van der Waals surface area contributed by atoms with Gasteiger partial charge in [-0.25, -0.2) is 0 Å². The molecule has 3 fully saturated rings. The minimum absolute atomic E-state index is 0.111. The van der Waals surface area contributed by atoms with Crippen molar-refractivity contribution in [3.8, 4) is 0 Å². The number of hydrogen-bond acceptors (Lipinski definition) is 3. The van der Waals surface area contributed by atoms with Gasteiger partial charge in [-0.3, -0.25) is 0 Å². The number of fused-ring (bicyclic) bond motifs is 2. The van der Waals surface area contributed by atoms with E-state index in [1.807, 2.05) is 0 Å². The molecule has 0 amide bonds. The van der Waals surface area contributed by atoms with Gasteiger partial charge in [0.25, 0.3) is 0 Å². The molecule has 3 heteroatoms. The summed E-state index contributed by atoms with van der Waals surface area (Å²) in [5.41, 5.74) is 0.435. The zero-order valence-electron chi connectivity index (χ0n) is 19.5. The molecule has 0 radical (unpaired) electrons. The molecule has 0 saturated heterocycles. The molecule has 3 N–H and O–H groups in total. The molecule has 3 aliphatic carbocycles. The molecule has 0 spiro atoms. The lowest BCUT2D eigenvalue weighted by molar-refractivity contribution is -0.126. The predicted molar refractivity (Wildman–Crippen MR) is 119 cm³/mol. The van der Waals surface area contributed by atoms with Crippen molar-refractivity contribution in [2.24, 2.45) is 40.4 Å². The van der Waals surface area contributed by atoms with E-state index in [0.717, 1.165) is 24.8 Å². The molecule has 8 atom stereocenters. The highest BCUT2D eigenvalue weighted by Gasteiger charge is 2.60. The lowest BCUT2D eigenvalue weighted by Crippen LogP contribution is -2.61. The van der Waals surface area contributed by atoms with E-state index >= 15 is 0 Å². The van der Waals surface area contributed by atoms with Crippen LogP contribution < -0.4 is 0 Å². The lowest BCUT2D eigenvalue weighted by Gasteiger charge is -2.58. The van der Waals surface area contributed by atoms with Gasteiger partial charge in [0.2, 0.25) is 0 Å². The molecule has 0 aromatic heterocycles. The second kappa shape index (κ2) is 7.80. The van der Waals surface area contributed by atoms with Crippen molar-refractivity contribution in [2.45, 2.75) is 97.9 Å². The summed E-state index contributed by atoms with van der Waals surface area (Å²) in [4.78, 5) is 0. The Hall–Kier alpha value is -0.640. The van der Waals surface area contributed by atoms with Gasteiger partial charge >= 0.3 is 0 Å². The third-order valence-electron chi connectivity index (χ3n) is 9.74. The minimum Gasteiger partial charge on any atom is -0.393 e.